The van der Waals surface area contributed by atoms with E-state index in [9.17, 15) is 0 Å². The van der Waals surface area contributed by atoms with E-state index < -0.39 is 0 Å². The number of hydrogen-bond donors (Lipinski definition) is 1. The van der Waals surface area contributed by atoms with Gasteiger partial charge in [0.25, 0.3) is 0 Å². The van der Waals surface area contributed by atoms with Crippen LogP contribution in [-0.2, 0) is 6.42 Å². The van der Waals surface area contributed by atoms with Crippen LogP contribution < -0.4 is 5.73 Å². The Labute approximate surface area is 84.3 Å². The molecule has 1 aliphatic carbocycles. The summed E-state index contributed by atoms with van der Waals surface area (Å²) >= 11 is 0. The van der Waals surface area contributed by atoms with Crippen LogP contribution >= 0.6 is 0 Å². The summed E-state index contributed by atoms with van der Waals surface area (Å²) in [6, 6.07) is 0. The van der Waals surface area contributed by atoms with E-state index in [0.717, 1.165) is 18.8 Å². The Morgan fingerprint density at radius 2 is 2.14 bits per heavy atom. The Hall–Kier alpha value is -0.830. The number of rotatable bonds is 1. The van der Waals surface area contributed by atoms with Gasteiger partial charge in [-0.2, -0.15) is 0 Å². The van der Waals surface area contributed by atoms with Crippen molar-refractivity contribution in [2.75, 3.05) is 0 Å². The molecule has 0 spiro atoms. The van der Waals surface area contributed by atoms with Crippen molar-refractivity contribution in [1.82, 2.24) is 9.55 Å². The van der Waals surface area contributed by atoms with Gasteiger partial charge >= 0.3 is 0 Å². The molecule has 1 aromatic rings. The lowest BCUT2D eigenvalue weighted by Crippen LogP contribution is -2.24. The highest BCUT2D eigenvalue weighted by atomic mass is 15.2. The molecule has 0 bridgehead atoms. The average Bonchev–Trinajstić information content (AvgIpc) is 2.46. The predicted octanol–water partition coefficient (Wildman–Crippen LogP) is 1.94. The van der Waals surface area contributed by atoms with Crippen molar-refractivity contribution in [1.29, 1.82) is 0 Å². The third-order valence-electron chi connectivity index (χ3n) is 3.61. The second-order valence-corrected chi connectivity index (χ2v) is 4.58. The molecule has 2 N–H and O–H groups in total. The molecule has 0 saturated heterocycles. The maximum Gasteiger partial charge on any atom is 0.110 e. The Kier molecular flexibility index (Phi) is 1.87. The lowest BCUT2D eigenvalue weighted by molar-refractivity contribution is 0.406. The molecular weight excluding hydrogens is 174 g/mol. The number of nitrogens with zero attached hydrogens (tertiary/aromatic N) is 2. The molecule has 3 heteroatoms. The largest absolute Gasteiger partial charge is 0.319 e. The van der Waals surface area contributed by atoms with Crippen molar-refractivity contribution in [3.05, 3.63) is 17.7 Å². The smallest absolute Gasteiger partial charge is 0.110 e. The van der Waals surface area contributed by atoms with Gasteiger partial charge in [-0.05, 0) is 25.7 Å². The van der Waals surface area contributed by atoms with Crippen molar-refractivity contribution in [2.24, 2.45) is 5.73 Å². The first-order valence-electron chi connectivity index (χ1n) is 5.68. The van der Waals surface area contributed by atoms with Gasteiger partial charge in [0.1, 0.15) is 5.82 Å². The van der Waals surface area contributed by atoms with E-state index in [-0.39, 0.29) is 6.17 Å². The van der Waals surface area contributed by atoms with Gasteiger partial charge in [0.15, 0.2) is 0 Å². The van der Waals surface area contributed by atoms with Crippen molar-refractivity contribution in [2.45, 2.75) is 50.6 Å². The van der Waals surface area contributed by atoms with Gasteiger partial charge in [-0.15, -0.1) is 0 Å². The number of fused-ring (bicyclic) bond motifs is 1. The van der Waals surface area contributed by atoms with E-state index in [2.05, 4.69) is 10.8 Å². The topological polar surface area (TPSA) is 43.8 Å². The molecule has 2 aliphatic rings. The minimum Gasteiger partial charge on any atom is -0.319 e. The number of hydrogen-bond acceptors (Lipinski definition) is 2. The van der Waals surface area contributed by atoms with Crippen LogP contribution in [0.3, 0.4) is 0 Å². The lowest BCUT2D eigenvalue weighted by atomic mass is 9.83. The summed E-state index contributed by atoms with van der Waals surface area (Å²) in [5.74, 6) is 1.95. The molecule has 1 aliphatic heterocycles. The lowest BCUT2D eigenvalue weighted by Gasteiger charge is -2.23. The highest BCUT2D eigenvalue weighted by molar-refractivity contribution is 5.14. The third-order valence-corrected chi connectivity index (χ3v) is 3.61. The summed E-state index contributed by atoms with van der Waals surface area (Å²) < 4.78 is 2.19. The van der Waals surface area contributed by atoms with Gasteiger partial charge < -0.3 is 10.3 Å². The van der Waals surface area contributed by atoms with E-state index in [1.165, 1.54) is 37.2 Å². The van der Waals surface area contributed by atoms with Gasteiger partial charge in [0.2, 0.25) is 0 Å². The van der Waals surface area contributed by atoms with E-state index in [0.29, 0.717) is 0 Å². The average molecular weight is 191 g/mol. The van der Waals surface area contributed by atoms with Crippen LogP contribution in [0, 0.1) is 0 Å². The molecule has 1 fully saturated rings. The molecule has 2 heterocycles. The van der Waals surface area contributed by atoms with Crippen LogP contribution in [0.25, 0.3) is 0 Å². The van der Waals surface area contributed by atoms with Gasteiger partial charge in [0, 0.05) is 18.5 Å². The van der Waals surface area contributed by atoms with Crippen LogP contribution in [0.4, 0.5) is 0 Å². The molecule has 0 aromatic carbocycles. The summed E-state index contributed by atoms with van der Waals surface area (Å²) in [4.78, 5) is 4.71. The van der Waals surface area contributed by atoms with Crippen LogP contribution in [-0.4, -0.2) is 9.55 Å². The Morgan fingerprint density at radius 1 is 1.29 bits per heavy atom. The molecule has 1 atom stereocenters. The van der Waals surface area contributed by atoms with Gasteiger partial charge in [-0.3, -0.25) is 0 Å². The zero-order valence-corrected chi connectivity index (χ0v) is 8.45. The normalized spacial score (nSPS) is 27.1. The second-order valence-electron chi connectivity index (χ2n) is 4.58. The molecule has 14 heavy (non-hydrogen) atoms. The molecule has 0 amide bonds. The summed E-state index contributed by atoms with van der Waals surface area (Å²) in [7, 11) is 0. The zero-order valence-electron chi connectivity index (χ0n) is 8.45. The number of nitrogens with two attached hydrogens (primary N) is 1. The first kappa shape index (κ1) is 8.48. The van der Waals surface area contributed by atoms with Crippen molar-refractivity contribution < 1.29 is 0 Å². The molecule has 1 unspecified atom stereocenters. The van der Waals surface area contributed by atoms with Crippen LogP contribution in [0.15, 0.2) is 6.20 Å². The summed E-state index contributed by atoms with van der Waals surface area (Å²) in [5, 5.41) is 0. The number of imidazole rings is 1. The Morgan fingerprint density at radius 3 is 2.79 bits per heavy atom. The van der Waals surface area contributed by atoms with Gasteiger partial charge in [-0.25, -0.2) is 4.98 Å². The Balaban J connectivity index is 1.93. The molecule has 1 saturated carbocycles. The van der Waals surface area contributed by atoms with Crippen molar-refractivity contribution in [3.8, 4) is 0 Å². The first-order chi connectivity index (χ1) is 6.84. The predicted molar refractivity (Wildman–Crippen MR) is 55.0 cm³/mol. The van der Waals surface area contributed by atoms with Crippen LogP contribution in [0.5, 0.6) is 0 Å². The van der Waals surface area contributed by atoms with Crippen molar-refractivity contribution >= 4 is 0 Å². The zero-order chi connectivity index (χ0) is 9.54. The highest BCUT2D eigenvalue weighted by Gasteiger charge is 2.25. The van der Waals surface area contributed by atoms with Crippen molar-refractivity contribution in [3.63, 3.8) is 0 Å². The fourth-order valence-corrected chi connectivity index (χ4v) is 2.43. The second kappa shape index (κ2) is 3.09. The fourth-order valence-electron chi connectivity index (χ4n) is 2.43. The Bertz CT molecular complexity index is 338. The van der Waals surface area contributed by atoms with Gasteiger partial charge in [-0.1, -0.05) is 6.42 Å². The van der Waals surface area contributed by atoms with Crippen LogP contribution in [0.1, 0.15) is 55.7 Å². The van der Waals surface area contributed by atoms with E-state index in [4.69, 9.17) is 10.7 Å². The fraction of sp³-hybridized carbons (Fsp3) is 0.727. The minimum atomic E-state index is 0.181. The molecule has 3 nitrogen and oxygen atoms in total. The SMILES string of the molecule is NC1CCCc2nc(C3CCC3)cn21. The monoisotopic (exact) mass is 191 g/mol. The van der Waals surface area contributed by atoms with E-state index in [1.807, 2.05) is 0 Å². The van der Waals surface area contributed by atoms with E-state index >= 15 is 0 Å². The minimum absolute atomic E-state index is 0.181. The maximum absolute atomic E-state index is 6.04. The standard InChI is InChI=1S/C11H17N3/c12-10-5-2-6-11-13-9(7-14(10)11)8-3-1-4-8/h7-8,10H,1-6,12H2. The molecular formula is C11H17N3. The quantitative estimate of drug-likeness (QED) is 0.737. The third kappa shape index (κ3) is 1.19. The summed E-state index contributed by atoms with van der Waals surface area (Å²) in [5.41, 5.74) is 7.34. The highest BCUT2D eigenvalue weighted by Crippen LogP contribution is 2.36. The van der Waals surface area contributed by atoms with Gasteiger partial charge in [0.05, 0.1) is 11.9 Å². The van der Waals surface area contributed by atoms with E-state index in [1.54, 1.807) is 0 Å². The van der Waals surface area contributed by atoms with Crippen LogP contribution in [0.2, 0.25) is 0 Å². The first-order valence-corrected chi connectivity index (χ1v) is 5.68. The number of aromatic nitrogens is 2. The summed E-state index contributed by atoms with van der Waals surface area (Å²) in [6.45, 7) is 0. The number of aryl methyl sites for hydroxylation is 1. The summed E-state index contributed by atoms with van der Waals surface area (Å²) in [6.07, 6.45) is 9.82. The molecule has 3 rings (SSSR count). The molecule has 76 valence electrons. The molecule has 1 aromatic heterocycles. The maximum atomic E-state index is 6.04. The molecule has 0 radical (unpaired) electrons.